The van der Waals surface area contributed by atoms with Crippen LogP contribution in [0.5, 0.6) is 0 Å². The average molecular weight is 261 g/mol. The van der Waals surface area contributed by atoms with Gasteiger partial charge < -0.3 is 0 Å². The highest BCUT2D eigenvalue weighted by molar-refractivity contribution is 7.87. The van der Waals surface area contributed by atoms with Crippen molar-refractivity contribution in [2.45, 2.75) is 38.9 Å². The minimum atomic E-state index is -3.71. The highest BCUT2D eigenvalue weighted by atomic mass is 32.2. The van der Waals surface area contributed by atoms with Gasteiger partial charge >= 0.3 is 10.2 Å². The molecule has 7 heteroatoms. The molecule has 0 amide bonds. The van der Waals surface area contributed by atoms with Crippen molar-refractivity contribution in [3.63, 3.8) is 0 Å². The zero-order valence-corrected chi connectivity index (χ0v) is 11.8. The van der Waals surface area contributed by atoms with Gasteiger partial charge in [0.15, 0.2) is 0 Å². The van der Waals surface area contributed by atoms with Gasteiger partial charge in [-0.15, -0.1) is 0 Å². The van der Waals surface area contributed by atoms with Crippen LogP contribution in [0.1, 0.15) is 20.8 Å². The summed E-state index contributed by atoms with van der Waals surface area (Å²) in [7, 11) is -5.52. The standard InChI is InChI=1S/C9H19N3O2SSi/c1-4-16(5-2,6-3)9-11-7-8-12(9)15(10,13)14/h7-8H,4-6H2,1-3H3,(H2,10,13,14). The molecule has 1 aromatic rings. The minimum Gasteiger partial charge on any atom is -0.246 e. The van der Waals surface area contributed by atoms with Crippen LogP contribution in [0.4, 0.5) is 0 Å². The number of hydrogen-bond acceptors (Lipinski definition) is 3. The fraction of sp³-hybridized carbons (Fsp3) is 0.667. The molecule has 16 heavy (non-hydrogen) atoms. The monoisotopic (exact) mass is 261 g/mol. The molecule has 0 aliphatic carbocycles. The summed E-state index contributed by atoms with van der Waals surface area (Å²) in [4.78, 5) is 4.23. The first kappa shape index (κ1) is 13.4. The molecule has 0 radical (unpaired) electrons. The van der Waals surface area contributed by atoms with Crippen LogP contribution in [0, 0.1) is 0 Å². The number of rotatable bonds is 5. The second-order valence-electron chi connectivity index (χ2n) is 3.93. The Balaban J connectivity index is 3.38. The van der Waals surface area contributed by atoms with E-state index in [-0.39, 0.29) is 0 Å². The van der Waals surface area contributed by atoms with Crippen LogP contribution in [0.25, 0.3) is 0 Å². The van der Waals surface area contributed by atoms with Gasteiger partial charge in [-0.1, -0.05) is 38.9 Å². The Morgan fingerprint density at radius 3 is 2.19 bits per heavy atom. The van der Waals surface area contributed by atoms with Crippen molar-refractivity contribution in [2.75, 3.05) is 0 Å². The van der Waals surface area contributed by atoms with Gasteiger partial charge in [0.25, 0.3) is 0 Å². The van der Waals surface area contributed by atoms with Gasteiger partial charge in [-0.05, 0) is 0 Å². The van der Waals surface area contributed by atoms with Gasteiger partial charge in [-0.25, -0.2) is 14.1 Å². The van der Waals surface area contributed by atoms with Crippen molar-refractivity contribution >= 4 is 23.7 Å². The van der Waals surface area contributed by atoms with Crippen LogP contribution in [-0.4, -0.2) is 25.4 Å². The van der Waals surface area contributed by atoms with Crippen molar-refractivity contribution in [3.05, 3.63) is 12.4 Å². The van der Waals surface area contributed by atoms with Gasteiger partial charge in [0.2, 0.25) is 0 Å². The Morgan fingerprint density at radius 1 is 1.31 bits per heavy atom. The summed E-state index contributed by atoms with van der Waals surface area (Å²) in [6.45, 7) is 6.30. The molecule has 0 aliphatic heterocycles. The first-order chi connectivity index (χ1) is 7.41. The maximum Gasteiger partial charge on any atom is 0.303 e. The molecule has 0 saturated heterocycles. The Kier molecular flexibility index (Phi) is 3.92. The van der Waals surface area contributed by atoms with E-state index in [0.717, 1.165) is 22.1 Å². The first-order valence-electron chi connectivity index (χ1n) is 5.48. The van der Waals surface area contributed by atoms with Gasteiger partial charge in [0, 0.05) is 12.4 Å². The van der Waals surface area contributed by atoms with Gasteiger partial charge in [-0.2, -0.15) is 8.42 Å². The summed E-state index contributed by atoms with van der Waals surface area (Å²) in [6.07, 6.45) is 2.95. The van der Waals surface area contributed by atoms with Gasteiger partial charge in [0.1, 0.15) is 13.5 Å². The molecule has 0 saturated carbocycles. The Morgan fingerprint density at radius 2 is 1.81 bits per heavy atom. The summed E-state index contributed by atoms with van der Waals surface area (Å²) in [5.74, 6) is 0. The lowest BCUT2D eigenvalue weighted by Gasteiger charge is -2.27. The molecule has 5 nitrogen and oxygen atoms in total. The molecular formula is C9H19N3O2SSi. The van der Waals surface area contributed by atoms with E-state index < -0.39 is 18.3 Å². The van der Waals surface area contributed by atoms with Crippen LogP contribution in [0.2, 0.25) is 18.1 Å². The van der Waals surface area contributed by atoms with Crippen molar-refractivity contribution in [1.82, 2.24) is 8.96 Å². The zero-order valence-electron chi connectivity index (χ0n) is 9.97. The average Bonchev–Trinajstić information content (AvgIpc) is 2.70. The van der Waals surface area contributed by atoms with Crippen molar-refractivity contribution in [3.8, 4) is 0 Å². The molecule has 0 unspecified atom stereocenters. The van der Waals surface area contributed by atoms with Crippen molar-refractivity contribution in [1.29, 1.82) is 0 Å². The molecule has 0 fully saturated rings. The Labute approximate surface area is 97.9 Å². The van der Waals surface area contributed by atoms with Crippen LogP contribution in [-0.2, 0) is 10.2 Å². The SMILES string of the molecule is CC[Si](CC)(CC)c1nccn1S(N)(=O)=O. The number of imidazole rings is 1. The number of hydrogen-bond donors (Lipinski definition) is 1. The van der Waals surface area contributed by atoms with E-state index in [1.54, 1.807) is 0 Å². The number of aromatic nitrogens is 2. The van der Waals surface area contributed by atoms with Gasteiger partial charge in [-0.3, -0.25) is 0 Å². The molecule has 92 valence electrons. The Bertz CT molecular complexity index is 443. The summed E-state index contributed by atoms with van der Waals surface area (Å²) < 4.78 is 24.0. The Hall–Kier alpha value is -0.663. The van der Waals surface area contributed by atoms with Crippen LogP contribution in [0.3, 0.4) is 0 Å². The highest BCUT2D eigenvalue weighted by Crippen LogP contribution is 2.19. The summed E-state index contributed by atoms with van der Waals surface area (Å²) in [6, 6.07) is 2.94. The van der Waals surface area contributed by atoms with Crippen LogP contribution in [0.15, 0.2) is 12.4 Å². The predicted octanol–water partition coefficient (Wildman–Crippen LogP) is 0.650. The molecule has 1 aromatic heterocycles. The van der Waals surface area contributed by atoms with E-state index in [1.807, 2.05) is 0 Å². The maximum absolute atomic E-state index is 11.4. The summed E-state index contributed by atoms with van der Waals surface area (Å²) in [5.41, 5.74) is 0.683. The fourth-order valence-corrected chi connectivity index (χ4v) is 6.91. The van der Waals surface area contributed by atoms with E-state index in [1.165, 1.54) is 12.4 Å². The quantitative estimate of drug-likeness (QED) is 0.791. The van der Waals surface area contributed by atoms with Crippen molar-refractivity contribution < 1.29 is 8.42 Å². The maximum atomic E-state index is 11.4. The third kappa shape index (κ3) is 2.21. The van der Waals surface area contributed by atoms with E-state index in [0.29, 0.717) is 5.45 Å². The normalized spacial score (nSPS) is 13.0. The van der Waals surface area contributed by atoms with Crippen LogP contribution < -0.4 is 10.6 Å². The topological polar surface area (TPSA) is 78.0 Å². The van der Waals surface area contributed by atoms with E-state index in [4.69, 9.17) is 5.14 Å². The lowest BCUT2D eigenvalue weighted by molar-refractivity contribution is 0.590. The second-order valence-corrected chi connectivity index (χ2v) is 10.5. The largest absolute Gasteiger partial charge is 0.303 e. The third-order valence-corrected chi connectivity index (χ3v) is 9.77. The molecule has 0 aliphatic rings. The van der Waals surface area contributed by atoms with E-state index in [2.05, 4.69) is 25.8 Å². The lowest BCUT2D eigenvalue weighted by Crippen LogP contribution is -2.53. The zero-order chi connectivity index (χ0) is 12.4. The molecule has 2 N–H and O–H groups in total. The predicted molar refractivity (Wildman–Crippen MR) is 67.6 cm³/mol. The lowest BCUT2D eigenvalue weighted by atomic mass is 10.9. The number of nitrogens with two attached hydrogens (primary N) is 1. The first-order valence-corrected chi connectivity index (χ1v) is 9.61. The molecular weight excluding hydrogens is 242 g/mol. The smallest absolute Gasteiger partial charge is 0.246 e. The minimum absolute atomic E-state index is 0.683. The summed E-state index contributed by atoms with van der Waals surface area (Å²) >= 11 is 0. The molecule has 0 atom stereocenters. The third-order valence-electron chi connectivity index (χ3n) is 3.39. The van der Waals surface area contributed by atoms with E-state index >= 15 is 0 Å². The molecule has 1 heterocycles. The van der Waals surface area contributed by atoms with Crippen LogP contribution >= 0.6 is 0 Å². The fourth-order valence-electron chi connectivity index (χ4n) is 2.09. The highest BCUT2D eigenvalue weighted by Gasteiger charge is 2.35. The second kappa shape index (κ2) is 4.68. The number of nitrogens with zero attached hydrogens (tertiary/aromatic N) is 2. The molecule has 0 aromatic carbocycles. The van der Waals surface area contributed by atoms with Crippen molar-refractivity contribution in [2.24, 2.45) is 5.14 Å². The van der Waals surface area contributed by atoms with E-state index in [9.17, 15) is 8.42 Å². The molecule has 0 bridgehead atoms. The summed E-state index contributed by atoms with van der Waals surface area (Å²) in [5, 5.41) is 5.18. The molecule has 0 spiro atoms. The molecule has 1 rings (SSSR count). The van der Waals surface area contributed by atoms with Gasteiger partial charge in [0.05, 0.1) is 0 Å².